The zero-order chi connectivity index (χ0) is 32.5. The summed E-state index contributed by atoms with van der Waals surface area (Å²) < 4.78 is 12.2. The summed E-state index contributed by atoms with van der Waals surface area (Å²) in [5, 5.41) is 2.23. The van der Waals surface area contributed by atoms with Crippen LogP contribution in [0.25, 0.3) is 50.3 Å². The maximum atomic E-state index is 6.09. The Labute approximate surface area is 292 Å². The zero-order valence-electron chi connectivity index (χ0n) is 27.5. The molecule has 7 rings (SSSR count). The number of hydrogen-bond donors (Lipinski definition) is 0. The molecule has 1 radical (unpaired) electrons. The van der Waals surface area contributed by atoms with E-state index in [1.165, 1.54) is 16.8 Å². The topological polar surface area (TPSA) is 25.8 Å². The molecule has 0 saturated heterocycles. The van der Waals surface area contributed by atoms with Crippen molar-refractivity contribution in [3.63, 3.8) is 0 Å². The predicted octanol–water partition coefficient (Wildman–Crippen LogP) is 9.86. The zero-order valence-corrected chi connectivity index (χ0v) is 29.9. The first-order valence-corrected chi connectivity index (χ1v) is 15.7. The number of rotatable bonds is 5. The van der Waals surface area contributed by atoms with Crippen molar-refractivity contribution >= 4 is 21.9 Å². The molecule has 3 aromatic heterocycles. The molecule has 0 aliphatic carbocycles. The van der Waals surface area contributed by atoms with Gasteiger partial charge in [0.15, 0.2) is 0 Å². The van der Waals surface area contributed by atoms with Crippen molar-refractivity contribution in [2.24, 2.45) is 0 Å². The van der Waals surface area contributed by atoms with Crippen LogP contribution in [0.15, 0.2) is 120 Å². The van der Waals surface area contributed by atoms with E-state index in [9.17, 15) is 0 Å². The summed E-state index contributed by atoms with van der Waals surface area (Å²) in [6.07, 6.45) is 6.06. The Morgan fingerprint density at radius 2 is 1.30 bits per heavy atom. The van der Waals surface area contributed by atoms with Crippen LogP contribution in [0.4, 0.5) is 0 Å². The normalized spacial score (nSPS) is 11.1. The van der Waals surface area contributed by atoms with Crippen LogP contribution < -0.4 is 9.13 Å². The molecular formula is C42H41IrN3O-2. The SMILES string of the molecule is [CH2-]c1ccc2c(oc3ccccc32)c1-c1cccc[n+]1[CH2-].[CH2-]c1ccccc1-c1n(-c2c(C(C)C)cccc2C(C)C)cc[n+]1[CH2-].[Ir]. The molecule has 3 heterocycles. The standard InChI is InChI=1S/C23H27N2.C19H14NO.Ir/c1-16(2)19-12-9-13-20(17(3)4)22(19)25-15-14-24(6)23(25)21-11-8-7-10-18(21)5;1-13-10-11-15-14-7-3-4-9-17(14)21-19(15)18(13)16-8-5-6-12-20(16)2;/h7-17H,5-6H2,1-4H3;3-12H,1-2H2;/q2*-1;. The molecular weight excluding hydrogens is 755 g/mol. The molecule has 4 nitrogen and oxygen atoms in total. The second-order valence-electron chi connectivity index (χ2n) is 12.3. The van der Waals surface area contributed by atoms with Gasteiger partial charge in [-0.2, -0.15) is 37.1 Å². The Kier molecular flexibility index (Phi) is 9.91. The number of imidazole rings is 1. The van der Waals surface area contributed by atoms with Crippen LogP contribution in [0.2, 0.25) is 0 Å². The summed E-state index contributed by atoms with van der Waals surface area (Å²) in [6.45, 7) is 17.4. The van der Waals surface area contributed by atoms with Crippen molar-refractivity contribution in [2.75, 3.05) is 0 Å². The Morgan fingerprint density at radius 1 is 0.638 bits per heavy atom. The smallest absolute Gasteiger partial charge is 0.133 e. The first kappa shape index (κ1) is 33.5. The number of furan rings is 1. The average Bonchev–Trinajstić information content (AvgIpc) is 3.61. The van der Waals surface area contributed by atoms with Gasteiger partial charge < -0.3 is 13.6 Å². The Bertz CT molecular complexity index is 2140. The average molecular weight is 796 g/mol. The van der Waals surface area contributed by atoms with Crippen molar-refractivity contribution in [3.8, 4) is 28.3 Å². The van der Waals surface area contributed by atoms with Crippen molar-refractivity contribution in [3.05, 3.63) is 166 Å². The van der Waals surface area contributed by atoms with Gasteiger partial charge in [-0.05, 0) is 24.9 Å². The molecule has 0 unspecified atom stereocenters. The summed E-state index contributed by atoms with van der Waals surface area (Å²) in [5.41, 5.74) is 10.8. The van der Waals surface area contributed by atoms with Crippen LogP contribution >= 0.6 is 0 Å². The van der Waals surface area contributed by atoms with Crippen molar-refractivity contribution in [1.82, 2.24) is 4.57 Å². The molecule has 0 aliphatic heterocycles. The van der Waals surface area contributed by atoms with E-state index in [0.29, 0.717) is 11.8 Å². The molecule has 47 heavy (non-hydrogen) atoms. The van der Waals surface area contributed by atoms with Gasteiger partial charge in [-0.3, -0.25) is 4.57 Å². The van der Waals surface area contributed by atoms with E-state index in [4.69, 9.17) is 4.42 Å². The first-order valence-electron chi connectivity index (χ1n) is 15.7. The second-order valence-corrected chi connectivity index (χ2v) is 12.3. The number of benzene rings is 4. The number of fused-ring (bicyclic) bond motifs is 3. The van der Waals surface area contributed by atoms with Gasteiger partial charge in [0.05, 0.1) is 23.7 Å². The summed E-state index contributed by atoms with van der Waals surface area (Å²) in [6, 6.07) is 33.1. The van der Waals surface area contributed by atoms with E-state index in [1.54, 1.807) is 0 Å². The van der Waals surface area contributed by atoms with Gasteiger partial charge in [0.2, 0.25) is 0 Å². The first-order chi connectivity index (χ1) is 22.2. The summed E-state index contributed by atoms with van der Waals surface area (Å²) >= 11 is 0. The molecule has 0 saturated carbocycles. The van der Waals surface area contributed by atoms with E-state index in [1.807, 2.05) is 76.1 Å². The number of nitrogens with zero attached hydrogens (tertiary/aromatic N) is 3. The maximum absolute atomic E-state index is 6.09. The molecule has 0 amide bonds. The van der Waals surface area contributed by atoms with E-state index in [-0.39, 0.29) is 20.1 Å². The van der Waals surface area contributed by atoms with E-state index >= 15 is 0 Å². The quantitative estimate of drug-likeness (QED) is 0.126. The third-order valence-electron chi connectivity index (χ3n) is 8.57. The van der Waals surface area contributed by atoms with E-state index in [2.05, 4.69) is 109 Å². The second kappa shape index (κ2) is 13.9. The maximum Gasteiger partial charge on any atom is 0.133 e. The van der Waals surface area contributed by atoms with Crippen LogP contribution in [0.3, 0.4) is 0 Å². The fourth-order valence-electron chi connectivity index (χ4n) is 6.23. The van der Waals surface area contributed by atoms with Crippen LogP contribution in [-0.2, 0) is 20.1 Å². The molecule has 241 valence electrons. The molecule has 7 aromatic rings. The molecule has 0 spiro atoms. The van der Waals surface area contributed by atoms with Gasteiger partial charge in [0, 0.05) is 55.2 Å². The van der Waals surface area contributed by atoms with Gasteiger partial charge in [-0.25, -0.2) is 0 Å². The van der Waals surface area contributed by atoms with Gasteiger partial charge in [-0.1, -0.05) is 99.5 Å². The Hall–Kier alpha value is -4.83. The Morgan fingerprint density at radius 3 is 1.98 bits per heavy atom. The van der Waals surface area contributed by atoms with Crippen molar-refractivity contribution < 1.29 is 33.7 Å². The molecule has 0 bridgehead atoms. The van der Waals surface area contributed by atoms with Gasteiger partial charge in [0.25, 0.3) is 0 Å². The molecule has 4 aromatic carbocycles. The molecule has 5 heteroatoms. The minimum atomic E-state index is 0. The summed E-state index contributed by atoms with van der Waals surface area (Å²) in [4.78, 5) is 0. The van der Waals surface area contributed by atoms with Crippen molar-refractivity contribution in [1.29, 1.82) is 0 Å². The predicted molar refractivity (Wildman–Crippen MR) is 189 cm³/mol. The monoisotopic (exact) mass is 796 g/mol. The third kappa shape index (κ3) is 6.30. The van der Waals surface area contributed by atoms with Crippen LogP contribution in [0.1, 0.15) is 61.8 Å². The van der Waals surface area contributed by atoms with E-state index in [0.717, 1.165) is 55.7 Å². The fourth-order valence-corrected chi connectivity index (χ4v) is 6.23. The minimum Gasteiger partial charge on any atom is -0.469 e. The fraction of sp³-hybridized carbons (Fsp3) is 0.143. The number of para-hydroxylation sites is 2. The summed E-state index contributed by atoms with van der Waals surface area (Å²) in [5.74, 6) is 1.94. The van der Waals surface area contributed by atoms with Gasteiger partial charge in [0.1, 0.15) is 17.1 Å². The number of hydrogen-bond acceptors (Lipinski definition) is 1. The van der Waals surface area contributed by atoms with Crippen LogP contribution in [-0.4, -0.2) is 4.57 Å². The van der Waals surface area contributed by atoms with Gasteiger partial charge in [-0.15, -0.1) is 18.2 Å². The number of pyridine rings is 1. The molecule has 0 atom stereocenters. The minimum absolute atomic E-state index is 0. The van der Waals surface area contributed by atoms with Gasteiger partial charge >= 0.3 is 0 Å². The Balaban J connectivity index is 0.000000183. The third-order valence-corrected chi connectivity index (χ3v) is 8.57. The molecule has 0 N–H and O–H groups in total. The van der Waals surface area contributed by atoms with Crippen LogP contribution in [0.5, 0.6) is 0 Å². The van der Waals surface area contributed by atoms with E-state index < -0.39 is 0 Å². The largest absolute Gasteiger partial charge is 0.469 e. The molecule has 0 aliphatic rings. The molecule has 0 fully saturated rings. The summed E-state index contributed by atoms with van der Waals surface area (Å²) in [7, 11) is 8.25. The number of aromatic nitrogens is 3. The van der Waals surface area contributed by atoms with Crippen molar-refractivity contribution in [2.45, 2.75) is 39.5 Å². The van der Waals surface area contributed by atoms with Crippen LogP contribution in [0, 0.1) is 27.9 Å².